The zero-order chi connectivity index (χ0) is 32.4. The van der Waals surface area contributed by atoms with Crippen LogP contribution >= 0.6 is 0 Å². The molecule has 0 radical (unpaired) electrons. The number of benzene rings is 1. The standard InChI is InChI=1S/C36H45N7O4/c1-36(2,3)47-35(45)40-30-24-9-10-27(30)42(20-24)34(44)25-14-26-31(29(16-25)46-4)43(19-22-11-13-37-17-22)33(39-26)28-15-23-6-5-12-38-32(23)41(28)18-21-7-8-21/h5-6,12,14-16,21-22,24,27,30,37H,7-11,13,17-20H2,1-4H3,(H,40,45)/t22-,24+,27+,30+/m0/s1. The summed E-state index contributed by atoms with van der Waals surface area (Å²) in [5, 5.41) is 7.70. The molecule has 2 bridgehead atoms. The molecule has 2 aliphatic heterocycles. The number of aromatic nitrogens is 4. The molecule has 4 aliphatic rings. The molecular formula is C36H45N7O4. The van der Waals surface area contributed by atoms with Crippen LogP contribution in [0.4, 0.5) is 4.79 Å². The summed E-state index contributed by atoms with van der Waals surface area (Å²) in [6.45, 7) is 9.86. The molecule has 2 amide bonds. The van der Waals surface area contributed by atoms with Gasteiger partial charge in [-0.15, -0.1) is 0 Å². The van der Waals surface area contributed by atoms with Gasteiger partial charge in [-0.3, -0.25) is 4.79 Å². The number of rotatable bonds is 8. The van der Waals surface area contributed by atoms with E-state index in [9.17, 15) is 9.59 Å². The molecule has 3 aromatic heterocycles. The van der Waals surface area contributed by atoms with Crippen molar-refractivity contribution >= 4 is 34.1 Å². The fraction of sp³-hybridized carbons (Fsp3) is 0.556. The minimum absolute atomic E-state index is 0.0588. The van der Waals surface area contributed by atoms with Crippen LogP contribution in [0.15, 0.2) is 36.5 Å². The average Bonchev–Trinajstić information content (AvgIpc) is 3.42. The molecule has 5 heterocycles. The smallest absolute Gasteiger partial charge is 0.407 e. The van der Waals surface area contributed by atoms with E-state index in [0.29, 0.717) is 29.7 Å². The number of methoxy groups -OCH3 is 1. The van der Waals surface area contributed by atoms with Gasteiger partial charge >= 0.3 is 6.09 Å². The van der Waals surface area contributed by atoms with Crippen LogP contribution < -0.4 is 15.4 Å². The molecule has 1 aromatic carbocycles. The lowest BCUT2D eigenvalue weighted by atomic mass is 10.1. The zero-order valence-electron chi connectivity index (χ0n) is 27.8. The van der Waals surface area contributed by atoms with Gasteiger partial charge in [0.15, 0.2) is 5.82 Å². The van der Waals surface area contributed by atoms with Gasteiger partial charge in [0.05, 0.1) is 30.4 Å². The molecule has 2 N–H and O–H groups in total. The van der Waals surface area contributed by atoms with Gasteiger partial charge in [-0.05, 0) is 114 Å². The normalized spacial score (nSPS) is 24.0. The van der Waals surface area contributed by atoms with E-state index >= 15 is 0 Å². The summed E-state index contributed by atoms with van der Waals surface area (Å²) in [5.74, 6) is 2.80. The fourth-order valence-corrected chi connectivity index (χ4v) is 8.08. The van der Waals surface area contributed by atoms with E-state index < -0.39 is 11.7 Å². The van der Waals surface area contributed by atoms with Crippen LogP contribution in [-0.4, -0.2) is 80.4 Å². The topological polar surface area (TPSA) is 116 Å². The molecule has 0 spiro atoms. The first kappa shape index (κ1) is 30.2. The maximum atomic E-state index is 14.2. The van der Waals surface area contributed by atoms with Crippen LogP contribution in [0.3, 0.4) is 0 Å². The summed E-state index contributed by atoms with van der Waals surface area (Å²) < 4.78 is 16.2. The lowest BCUT2D eigenvalue weighted by Crippen LogP contribution is -2.46. The third kappa shape index (κ3) is 5.62. The van der Waals surface area contributed by atoms with Crippen molar-refractivity contribution in [3.05, 3.63) is 42.1 Å². The molecular weight excluding hydrogens is 594 g/mol. The molecule has 4 fully saturated rings. The number of nitrogens with one attached hydrogen (secondary N) is 2. The summed E-state index contributed by atoms with van der Waals surface area (Å²) in [6, 6.07) is 9.94. The molecule has 47 heavy (non-hydrogen) atoms. The van der Waals surface area contributed by atoms with Crippen LogP contribution in [0.5, 0.6) is 5.75 Å². The fourth-order valence-electron chi connectivity index (χ4n) is 8.08. The minimum atomic E-state index is -0.581. The lowest BCUT2D eigenvalue weighted by molar-refractivity contribution is 0.0485. The Morgan fingerprint density at radius 3 is 2.62 bits per heavy atom. The summed E-state index contributed by atoms with van der Waals surface area (Å²) >= 11 is 0. The second-order valence-corrected chi connectivity index (χ2v) is 15.0. The first-order valence-electron chi connectivity index (χ1n) is 17.2. The molecule has 11 heteroatoms. The number of piperidine rings is 1. The number of alkyl carbamates (subject to hydrolysis) is 1. The quantitative estimate of drug-likeness (QED) is 0.272. The van der Waals surface area contributed by atoms with E-state index in [1.807, 2.05) is 50.1 Å². The van der Waals surface area contributed by atoms with Gasteiger partial charge in [0.2, 0.25) is 0 Å². The molecule has 2 saturated carbocycles. The van der Waals surface area contributed by atoms with Crippen molar-refractivity contribution in [3.63, 3.8) is 0 Å². The zero-order valence-corrected chi connectivity index (χ0v) is 27.8. The number of pyridine rings is 1. The second kappa shape index (κ2) is 11.5. The van der Waals surface area contributed by atoms with E-state index in [2.05, 4.69) is 31.9 Å². The van der Waals surface area contributed by atoms with Gasteiger partial charge in [-0.2, -0.15) is 0 Å². The Labute approximate surface area is 275 Å². The predicted molar refractivity (Wildman–Crippen MR) is 179 cm³/mol. The summed E-state index contributed by atoms with van der Waals surface area (Å²) in [5.41, 5.74) is 3.67. The first-order chi connectivity index (χ1) is 22.7. The molecule has 0 unspecified atom stereocenters. The largest absolute Gasteiger partial charge is 0.494 e. The number of fused-ring (bicyclic) bond motifs is 4. The number of hydrogen-bond acceptors (Lipinski definition) is 7. The first-order valence-corrected chi connectivity index (χ1v) is 17.2. The van der Waals surface area contributed by atoms with E-state index in [-0.39, 0.29) is 23.9 Å². The Morgan fingerprint density at radius 2 is 1.87 bits per heavy atom. The van der Waals surface area contributed by atoms with Crippen molar-refractivity contribution in [3.8, 4) is 17.3 Å². The van der Waals surface area contributed by atoms with Crippen molar-refractivity contribution < 1.29 is 19.1 Å². The minimum Gasteiger partial charge on any atom is -0.494 e. The summed E-state index contributed by atoms with van der Waals surface area (Å²) in [6.07, 6.45) is 6.84. The number of likely N-dealkylation sites (tertiary alicyclic amines) is 1. The highest BCUT2D eigenvalue weighted by Crippen LogP contribution is 2.41. The van der Waals surface area contributed by atoms with Crippen molar-refractivity contribution in [2.75, 3.05) is 26.7 Å². The van der Waals surface area contributed by atoms with Gasteiger partial charge < -0.3 is 34.1 Å². The van der Waals surface area contributed by atoms with Gasteiger partial charge in [0, 0.05) is 36.8 Å². The molecule has 11 nitrogen and oxygen atoms in total. The van der Waals surface area contributed by atoms with E-state index in [1.54, 1.807) is 7.11 Å². The van der Waals surface area contributed by atoms with Crippen LogP contribution in [-0.2, 0) is 17.8 Å². The number of amides is 2. The van der Waals surface area contributed by atoms with Crippen molar-refractivity contribution in [1.29, 1.82) is 0 Å². The SMILES string of the molecule is COc1cc(C(=O)N2C[C@H]3CC[C@@H]2[C@@H]3NC(=O)OC(C)(C)C)cc2nc(-c3cc4cccnc4n3CC3CC3)n(C[C@H]3CCNC3)c12. The van der Waals surface area contributed by atoms with Crippen LogP contribution in [0.1, 0.15) is 63.2 Å². The Balaban J connectivity index is 1.18. The highest BCUT2D eigenvalue weighted by atomic mass is 16.6. The molecule has 2 saturated heterocycles. The second-order valence-electron chi connectivity index (χ2n) is 15.0. The highest BCUT2D eigenvalue weighted by molar-refractivity contribution is 6.00. The highest BCUT2D eigenvalue weighted by Gasteiger charge is 2.50. The van der Waals surface area contributed by atoms with Crippen molar-refractivity contribution in [2.24, 2.45) is 17.8 Å². The molecule has 4 aromatic rings. The number of nitrogens with zero attached hydrogens (tertiary/aromatic N) is 5. The molecule has 2 aliphatic carbocycles. The Bertz CT molecular complexity index is 1850. The number of ether oxygens (including phenoxy) is 2. The summed E-state index contributed by atoms with van der Waals surface area (Å²) in [7, 11) is 1.67. The third-order valence-electron chi connectivity index (χ3n) is 10.4. The van der Waals surface area contributed by atoms with Gasteiger partial charge in [-0.1, -0.05) is 0 Å². The monoisotopic (exact) mass is 639 g/mol. The van der Waals surface area contributed by atoms with Gasteiger partial charge in [0.1, 0.15) is 22.5 Å². The molecule has 4 atom stereocenters. The predicted octanol–water partition coefficient (Wildman–Crippen LogP) is 5.21. The van der Waals surface area contributed by atoms with Crippen LogP contribution in [0.25, 0.3) is 33.6 Å². The lowest BCUT2D eigenvalue weighted by Gasteiger charge is -2.28. The number of imidazole rings is 1. The Kier molecular flexibility index (Phi) is 7.42. The number of carbonyl (C=O) groups excluding carboxylic acids is 2. The van der Waals surface area contributed by atoms with E-state index in [0.717, 1.165) is 79.0 Å². The van der Waals surface area contributed by atoms with Crippen molar-refractivity contribution in [2.45, 2.75) is 83.6 Å². The summed E-state index contributed by atoms with van der Waals surface area (Å²) in [4.78, 5) is 38.9. The maximum Gasteiger partial charge on any atom is 0.407 e. The van der Waals surface area contributed by atoms with E-state index in [4.69, 9.17) is 19.4 Å². The maximum absolute atomic E-state index is 14.2. The molecule has 248 valence electrons. The van der Waals surface area contributed by atoms with Gasteiger partial charge in [-0.25, -0.2) is 14.8 Å². The number of carbonyl (C=O) groups is 2. The van der Waals surface area contributed by atoms with E-state index in [1.165, 1.54) is 12.8 Å². The Morgan fingerprint density at radius 1 is 1.04 bits per heavy atom. The van der Waals surface area contributed by atoms with Crippen LogP contribution in [0.2, 0.25) is 0 Å². The molecule has 8 rings (SSSR count). The average molecular weight is 640 g/mol. The number of hydrogen-bond donors (Lipinski definition) is 2. The van der Waals surface area contributed by atoms with Crippen LogP contribution in [0, 0.1) is 17.8 Å². The Hall–Kier alpha value is -4.12. The van der Waals surface area contributed by atoms with Crippen molar-refractivity contribution in [1.82, 2.24) is 34.6 Å². The van der Waals surface area contributed by atoms with Gasteiger partial charge in [0.25, 0.3) is 5.91 Å². The third-order valence-corrected chi connectivity index (χ3v) is 10.4.